The Kier molecular flexibility index (Phi) is 3.70. The molecule has 0 N–H and O–H groups in total. The van der Waals surface area contributed by atoms with Gasteiger partial charge in [0.1, 0.15) is 5.82 Å². The average Bonchev–Trinajstić information content (AvgIpc) is 2.76. The van der Waals surface area contributed by atoms with E-state index in [0.29, 0.717) is 0 Å². The molecule has 1 atom stereocenters. The zero-order valence-electron chi connectivity index (χ0n) is 11.0. The zero-order chi connectivity index (χ0) is 12.4. The van der Waals surface area contributed by atoms with E-state index in [9.17, 15) is 4.39 Å². The van der Waals surface area contributed by atoms with Crippen LogP contribution < -0.4 is 4.90 Å². The number of anilines is 1. The van der Waals surface area contributed by atoms with Crippen LogP contribution in [0.15, 0.2) is 18.2 Å². The van der Waals surface area contributed by atoms with Crippen molar-refractivity contribution in [2.45, 2.75) is 39.5 Å². The third-order valence-corrected chi connectivity index (χ3v) is 3.83. The minimum Gasteiger partial charge on any atom is -0.371 e. The summed E-state index contributed by atoms with van der Waals surface area (Å²) in [6, 6.07) is 5.71. The maximum absolute atomic E-state index is 13.9. The molecule has 2 heteroatoms. The summed E-state index contributed by atoms with van der Waals surface area (Å²) < 4.78 is 13.9. The van der Waals surface area contributed by atoms with Crippen LogP contribution in [0.4, 0.5) is 10.1 Å². The summed E-state index contributed by atoms with van der Waals surface area (Å²) in [5.74, 6) is 0.978. The van der Waals surface area contributed by atoms with Crippen LogP contribution in [-0.2, 0) is 0 Å². The Hall–Kier alpha value is -1.05. The Labute approximate surface area is 104 Å². The van der Waals surface area contributed by atoms with Gasteiger partial charge in [-0.2, -0.15) is 0 Å². The molecule has 1 nitrogen and oxygen atoms in total. The van der Waals surface area contributed by atoms with Gasteiger partial charge in [0.2, 0.25) is 0 Å². The van der Waals surface area contributed by atoms with Gasteiger partial charge in [-0.15, -0.1) is 0 Å². The molecule has 1 unspecified atom stereocenters. The van der Waals surface area contributed by atoms with Crippen molar-refractivity contribution in [2.75, 3.05) is 18.0 Å². The summed E-state index contributed by atoms with van der Waals surface area (Å²) in [6.07, 6.45) is 2.47. The molecule has 2 rings (SSSR count). The summed E-state index contributed by atoms with van der Waals surface area (Å²) in [6.45, 7) is 8.44. The molecule has 1 aliphatic heterocycles. The van der Waals surface area contributed by atoms with Crippen molar-refractivity contribution in [3.05, 3.63) is 29.6 Å². The highest BCUT2D eigenvalue weighted by Crippen LogP contribution is 2.28. The second-order valence-corrected chi connectivity index (χ2v) is 5.37. The van der Waals surface area contributed by atoms with Crippen LogP contribution >= 0.6 is 0 Å². The van der Waals surface area contributed by atoms with E-state index in [-0.39, 0.29) is 11.7 Å². The molecule has 0 saturated carbocycles. The maximum Gasteiger partial charge on any atom is 0.128 e. The van der Waals surface area contributed by atoms with Gasteiger partial charge in [-0.3, -0.25) is 0 Å². The van der Waals surface area contributed by atoms with E-state index in [1.54, 1.807) is 6.07 Å². The molecule has 17 heavy (non-hydrogen) atoms. The van der Waals surface area contributed by atoms with E-state index in [4.69, 9.17) is 0 Å². The monoisotopic (exact) mass is 235 g/mol. The van der Waals surface area contributed by atoms with Gasteiger partial charge in [0.05, 0.1) is 0 Å². The van der Waals surface area contributed by atoms with Crippen LogP contribution in [0.3, 0.4) is 0 Å². The molecular weight excluding hydrogens is 213 g/mol. The Morgan fingerprint density at radius 3 is 2.71 bits per heavy atom. The smallest absolute Gasteiger partial charge is 0.128 e. The Bertz CT molecular complexity index is 387. The third-order valence-electron chi connectivity index (χ3n) is 3.83. The lowest BCUT2D eigenvalue weighted by Gasteiger charge is -2.20. The molecule has 0 spiro atoms. The van der Waals surface area contributed by atoms with E-state index in [2.05, 4.69) is 17.9 Å². The molecule has 1 aliphatic rings. The first-order chi connectivity index (χ1) is 8.11. The lowest BCUT2D eigenvalue weighted by Crippen LogP contribution is -2.19. The van der Waals surface area contributed by atoms with Crippen LogP contribution in [0.5, 0.6) is 0 Å². The highest BCUT2D eigenvalue weighted by atomic mass is 19.1. The van der Waals surface area contributed by atoms with Gasteiger partial charge in [0, 0.05) is 18.8 Å². The molecule has 0 aliphatic carbocycles. The number of halogens is 1. The first kappa shape index (κ1) is 12.4. The maximum atomic E-state index is 13.9. The van der Waals surface area contributed by atoms with Crippen LogP contribution in [-0.4, -0.2) is 13.1 Å². The molecule has 94 valence electrons. The quantitative estimate of drug-likeness (QED) is 0.759. The molecule has 0 radical (unpaired) electrons. The lowest BCUT2D eigenvalue weighted by molar-refractivity contribution is 0.568. The molecule has 1 saturated heterocycles. The van der Waals surface area contributed by atoms with E-state index < -0.39 is 0 Å². The Balaban J connectivity index is 2.15. The SMILES string of the molecule is CCC1CCN(c2ccc(C(C)C)c(F)c2)C1. The summed E-state index contributed by atoms with van der Waals surface area (Å²) in [5.41, 5.74) is 1.86. The minimum atomic E-state index is -0.0579. The van der Waals surface area contributed by atoms with Crippen molar-refractivity contribution in [2.24, 2.45) is 5.92 Å². The van der Waals surface area contributed by atoms with Gasteiger partial charge in [-0.05, 0) is 36.0 Å². The largest absolute Gasteiger partial charge is 0.371 e. The van der Waals surface area contributed by atoms with Crippen molar-refractivity contribution in [1.82, 2.24) is 0 Å². The number of hydrogen-bond donors (Lipinski definition) is 0. The van der Waals surface area contributed by atoms with Gasteiger partial charge in [-0.1, -0.05) is 33.3 Å². The second kappa shape index (κ2) is 5.07. The van der Waals surface area contributed by atoms with Gasteiger partial charge in [0.25, 0.3) is 0 Å². The van der Waals surface area contributed by atoms with Crippen LogP contribution in [0.2, 0.25) is 0 Å². The minimum absolute atomic E-state index is 0.0579. The van der Waals surface area contributed by atoms with Crippen LogP contribution in [0.25, 0.3) is 0 Å². The zero-order valence-corrected chi connectivity index (χ0v) is 11.0. The first-order valence-corrected chi connectivity index (χ1v) is 6.66. The predicted molar refractivity (Wildman–Crippen MR) is 71.1 cm³/mol. The van der Waals surface area contributed by atoms with Crippen LogP contribution in [0.1, 0.15) is 45.1 Å². The molecule has 1 fully saturated rings. The normalized spacial score (nSPS) is 20.3. The number of benzene rings is 1. The molecule has 0 aromatic heterocycles. The van der Waals surface area contributed by atoms with E-state index in [0.717, 1.165) is 30.3 Å². The lowest BCUT2D eigenvalue weighted by atomic mass is 10.0. The Morgan fingerprint density at radius 2 is 2.18 bits per heavy atom. The van der Waals surface area contributed by atoms with Gasteiger partial charge in [0.15, 0.2) is 0 Å². The van der Waals surface area contributed by atoms with E-state index in [1.165, 1.54) is 12.8 Å². The molecule has 1 aromatic rings. The molecule has 0 amide bonds. The Morgan fingerprint density at radius 1 is 1.41 bits per heavy atom. The van der Waals surface area contributed by atoms with Crippen molar-refractivity contribution in [1.29, 1.82) is 0 Å². The summed E-state index contributed by atoms with van der Waals surface area (Å²) in [5, 5.41) is 0. The average molecular weight is 235 g/mol. The van der Waals surface area contributed by atoms with Crippen molar-refractivity contribution in [3.8, 4) is 0 Å². The second-order valence-electron chi connectivity index (χ2n) is 5.37. The highest BCUT2D eigenvalue weighted by molar-refractivity contribution is 5.49. The fourth-order valence-electron chi connectivity index (χ4n) is 2.58. The number of rotatable bonds is 3. The molecular formula is C15H22FN. The van der Waals surface area contributed by atoms with Gasteiger partial charge >= 0.3 is 0 Å². The van der Waals surface area contributed by atoms with Gasteiger partial charge < -0.3 is 4.90 Å². The van der Waals surface area contributed by atoms with Crippen molar-refractivity contribution in [3.63, 3.8) is 0 Å². The summed E-state index contributed by atoms with van der Waals surface area (Å²) in [7, 11) is 0. The third kappa shape index (κ3) is 2.62. The predicted octanol–water partition coefficient (Wildman–Crippen LogP) is 4.19. The van der Waals surface area contributed by atoms with Crippen molar-refractivity contribution < 1.29 is 4.39 Å². The number of nitrogens with zero attached hydrogens (tertiary/aromatic N) is 1. The molecule has 1 heterocycles. The standard InChI is InChI=1S/C15H22FN/c1-4-12-7-8-17(10-12)13-5-6-14(11(2)3)15(16)9-13/h5-6,9,11-12H,4,7-8,10H2,1-3H3. The summed E-state index contributed by atoms with van der Waals surface area (Å²) >= 11 is 0. The molecule has 1 aromatic carbocycles. The fraction of sp³-hybridized carbons (Fsp3) is 0.600. The van der Waals surface area contributed by atoms with Gasteiger partial charge in [-0.25, -0.2) is 4.39 Å². The fourth-order valence-corrected chi connectivity index (χ4v) is 2.58. The summed E-state index contributed by atoms with van der Waals surface area (Å²) in [4.78, 5) is 2.31. The molecule has 0 bridgehead atoms. The highest BCUT2D eigenvalue weighted by Gasteiger charge is 2.21. The first-order valence-electron chi connectivity index (χ1n) is 6.66. The number of hydrogen-bond acceptors (Lipinski definition) is 1. The topological polar surface area (TPSA) is 3.24 Å². The van der Waals surface area contributed by atoms with E-state index in [1.807, 2.05) is 19.9 Å². The van der Waals surface area contributed by atoms with E-state index >= 15 is 0 Å². The van der Waals surface area contributed by atoms with Crippen LogP contribution in [0, 0.1) is 11.7 Å². The van der Waals surface area contributed by atoms with Crippen molar-refractivity contribution >= 4 is 5.69 Å².